The molecule has 0 fully saturated rings. The van der Waals surface area contributed by atoms with Crippen LogP contribution in [-0.4, -0.2) is 30.0 Å². The van der Waals surface area contributed by atoms with Crippen LogP contribution in [-0.2, 0) is 0 Å². The van der Waals surface area contributed by atoms with E-state index in [0.29, 0.717) is 6.04 Å². The first-order valence-corrected chi connectivity index (χ1v) is 3.55. The van der Waals surface area contributed by atoms with E-state index in [4.69, 9.17) is 0 Å². The predicted molar refractivity (Wildman–Crippen MR) is 38.3 cm³/mol. The van der Waals surface area contributed by atoms with Crippen LogP contribution in [0.15, 0.2) is 0 Å². The van der Waals surface area contributed by atoms with Gasteiger partial charge >= 0.3 is 0 Å². The van der Waals surface area contributed by atoms with Crippen LogP contribution in [0.1, 0.15) is 26.7 Å². The van der Waals surface area contributed by atoms with E-state index >= 15 is 0 Å². The highest BCUT2D eigenvalue weighted by molar-refractivity contribution is 4.44. The summed E-state index contributed by atoms with van der Waals surface area (Å²) in [6.07, 6.45) is 2.23. The molecular weight excluding hydrogens is 114 g/mol. The second kappa shape index (κ2) is 3.18. The number of hydrogen-bond donors (Lipinski definition) is 1. The summed E-state index contributed by atoms with van der Waals surface area (Å²) in [5, 5.41) is 9.35. The molecule has 0 heterocycles. The molecule has 0 bridgehead atoms. The first-order chi connectivity index (χ1) is 3.98. The first kappa shape index (κ1) is 8.92. The summed E-state index contributed by atoms with van der Waals surface area (Å²) in [5.41, 5.74) is 0. The highest BCUT2D eigenvalue weighted by Crippen LogP contribution is 2.07. The molecule has 0 saturated carbocycles. The molecule has 56 valence electrons. The van der Waals surface area contributed by atoms with Gasteiger partial charge in [0.2, 0.25) is 0 Å². The maximum atomic E-state index is 9.35. The third-order valence-electron chi connectivity index (χ3n) is 1.79. The first-order valence-electron chi connectivity index (χ1n) is 3.55. The van der Waals surface area contributed by atoms with Crippen molar-refractivity contribution in [1.29, 1.82) is 0 Å². The predicted octanol–water partition coefficient (Wildman–Crippen LogP) is 1.64. The molecule has 1 N–H and O–H groups in total. The van der Waals surface area contributed by atoms with E-state index in [9.17, 15) is 5.21 Å². The summed E-state index contributed by atoms with van der Waals surface area (Å²) in [5.74, 6) is 0. The highest BCUT2D eigenvalue weighted by atomic mass is 16.5. The van der Waals surface area contributed by atoms with Gasteiger partial charge < -0.3 is 0 Å². The Hall–Kier alpha value is -0.0800. The number of hydrogen-bond acceptors (Lipinski definition) is 1. The molecule has 0 aliphatic rings. The highest BCUT2D eigenvalue weighted by Gasteiger charge is 2.19. The second-order valence-corrected chi connectivity index (χ2v) is 3.12. The van der Waals surface area contributed by atoms with Crippen molar-refractivity contribution in [3.05, 3.63) is 0 Å². The lowest BCUT2D eigenvalue weighted by atomic mass is 10.2. The van der Waals surface area contributed by atoms with Crippen molar-refractivity contribution >= 4 is 0 Å². The Labute approximate surface area is 57.6 Å². The van der Waals surface area contributed by atoms with Crippen LogP contribution in [0.5, 0.6) is 0 Å². The van der Waals surface area contributed by atoms with Crippen molar-refractivity contribution in [1.82, 2.24) is 0 Å². The third-order valence-corrected chi connectivity index (χ3v) is 1.79. The van der Waals surface area contributed by atoms with E-state index in [0.717, 1.165) is 12.8 Å². The molecule has 0 aliphatic heterocycles. The molecule has 0 amide bonds. The van der Waals surface area contributed by atoms with Crippen LogP contribution in [0, 0.1) is 0 Å². The van der Waals surface area contributed by atoms with Gasteiger partial charge in [-0.2, -0.15) is 4.65 Å². The topological polar surface area (TPSA) is 20.2 Å². The Kier molecular flexibility index (Phi) is 3.15. The monoisotopic (exact) mass is 132 g/mol. The fourth-order valence-corrected chi connectivity index (χ4v) is 0.734. The summed E-state index contributed by atoms with van der Waals surface area (Å²) >= 11 is 0. The average molecular weight is 132 g/mol. The van der Waals surface area contributed by atoms with Crippen molar-refractivity contribution < 1.29 is 9.85 Å². The van der Waals surface area contributed by atoms with E-state index in [1.54, 1.807) is 14.1 Å². The summed E-state index contributed by atoms with van der Waals surface area (Å²) in [4.78, 5) is 0. The van der Waals surface area contributed by atoms with Crippen LogP contribution in [0.2, 0.25) is 0 Å². The molecule has 1 unspecified atom stereocenters. The largest absolute Gasteiger partial charge is 0.217 e. The zero-order chi connectivity index (χ0) is 7.49. The van der Waals surface area contributed by atoms with E-state index in [2.05, 4.69) is 13.8 Å². The molecule has 0 rings (SSSR count). The molecule has 9 heavy (non-hydrogen) atoms. The quantitative estimate of drug-likeness (QED) is 0.457. The van der Waals surface area contributed by atoms with Crippen LogP contribution >= 0.6 is 0 Å². The van der Waals surface area contributed by atoms with E-state index in [1.165, 1.54) is 0 Å². The normalized spacial score (nSPS) is 15.7. The minimum absolute atomic E-state index is 0.0911. The Morgan fingerprint density at radius 2 is 1.89 bits per heavy atom. The van der Waals surface area contributed by atoms with E-state index < -0.39 is 0 Å². The Morgan fingerprint density at radius 1 is 1.44 bits per heavy atom. The van der Waals surface area contributed by atoms with Gasteiger partial charge in [-0.25, -0.2) is 5.21 Å². The van der Waals surface area contributed by atoms with Gasteiger partial charge in [0.1, 0.15) is 6.04 Å². The van der Waals surface area contributed by atoms with Crippen LogP contribution in [0.25, 0.3) is 0 Å². The zero-order valence-corrected chi connectivity index (χ0v) is 6.89. The molecular formula is C7H18NO+. The Bertz CT molecular complexity index is 75.5. The fourth-order valence-electron chi connectivity index (χ4n) is 0.734. The SMILES string of the molecule is CCCC(C)[N+](C)(C)O. The molecule has 2 nitrogen and oxygen atoms in total. The van der Waals surface area contributed by atoms with Crippen LogP contribution < -0.4 is 0 Å². The van der Waals surface area contributed by atoms with Gasteiger partial charge in [0.15, 0.2) is 0 Å². The summed E-state index contributed by atoms with van der Waals surface area (Å²) in [6.45, 7) is 4.19. The number of hydroxylamine groups is 3. The van der Waals surface area contributed by atoms with Crippen molar-refractivity contribution in [2.24, 2.45) is 0 Å². The molecule has 0 aromatic rings. The van der Waals surface area contributed by atoms with Crippen molar-refractivity contribution in [2.45, 2.75) is 32.7 Å². The van der Waals surface area contributed by atoms with Gasteiger partial charge in [-0.15, -0.1) is 0 Å². The lowest BCUT2D eigenvalue weighted by Crippen LogP contribution is -2.43. The maximum Gasteiger partial charge on any atom is 0.115 e. The molecule has 0 radical (unpaired) electrons. The zero-order valence-electron chi connectivity index (χ0n) is 6.89. The molecule has 0 saturated heterocycles. The minimum atomic E-state index is 0.0911. The molecule has 2 heteroatoms. The molecule has 0 aliphatic carbocycles. The summed E-state index contributed by atoms with van der Waals surface area (Å²) in [7, 11) is 3.61. The van der Waals surface area contributed by atoms with Crippen molar-refractivity contribution in [2.75, 3.05) is 14.1 Å². The van der Waals surface area contributed by atoms with Gasteiger partial charge in [0.05, 0.1) is 14.1 Å². The molecule has 0 aromatic heterocycles. The van der Waals surface area contributed by atoms with Gasteiger partial charge in [-0.05, 0) is 6.92 Å². The summed E-state index contributed by atoms with van der Waals surface area (Å²) < 4.78 is 0.0911. The van der Waals surface area contributed by atoms with E-state index in [1.807, 2.05) is 0 Å². The fraction of sp³-hybridized carbons (Fsp3) is 1.00. The molecule has 0 spiro atoms. The lowest BCUT2D eigenvalue weighted by molar-refractivity contribution is -1.09. The number of rotatable bonds is 3. The Morgan fingerprint density at radius 3 is 2.00 bits per heavy atom. The molecule has 0 aromatic carbocycles. The van der Waals surface area contributed by atoms with Crippen molar-refractivity contribution in [3.8, 4) is 0 Å². The number of quaternary nitrogens is 1. The number of nitrogens with zero attached hydrogens (tertiary/aromatic N) is 1. The van der Waals surface area contributed by atoms with E-state index in [-0.39, 0.29) is 4.65 Å². The second-order valence-electron chi connectivity index (χ2n) is 3.12. The Balaban J connectivity index is 3.59. The molecule has 1 atom stereocenters. The maximum absolute atomic E-state index is 9.35. The lowest BCUT2D eigenvalue weighted by Gasteiger charge is -2.26. The van der Waals surface area contributed by atoms with Gasteiger partial charge in [-0.1, -0.05) is 13.3 Å². The third kappa shape index (κ3) is 3.49. The van der Waals surface area contributed by atoms with Crippen LogP contribution in [0.4, 0.5) is 0 Å². The van der Waals surface area contributed by atoms with Crippen molar-refractivity contribution in [3.63, 3.8) is 0 Å². The van der Waals surface area contributed by atoms with Gasteiger partial charge in [0.25, 0.3) is 0 Å². The van der Waals surface area contributed by atoms with Gasteiger partial charge in [0, 0.05) is 6.42 Å². The smallest absolute Gasteiger partial charge is 0.115 e. The average Bonchev–Trinajstić information content (AvgIpc) is 1.64. The minimum Gasteiger partial charge on any atom is -0.217 e. The standard InChI is InChI=1S/C7H18NO/c1-5-6-7(2)8(3,4)9/h7,9H,5-6H2,1-4H3/q+1. The summed E-state index contributed by atoms with van der Waals surface area (Å²) in [6, 6.07) is 0.356. The van der Waals surface area contributed by atoms with Gasteiger partial charge in [-0.3, -0.25) is 0 Å². The van der Waals surface area contributed by atoms with Crippen LogP contribution in [0.3, 0.4) is 0 Å².